The Labute approximate surface area is 212 Å². The zero-order chi connectivity index (χ0) is 25.9. The second-order valence-electron chi connectivity index (χ2n) is 8.21. The molecule has 4 aromatic carbocycles. The van der Waals surface area contributed by atoms with E-state index in [9.17, 15) is 14.7 Å². The second-order valence-corrected chi connectivity index (χ2v) is 8.21. The van der Waals surface area contributed by atoms with Gasteiger partial charge in [0.1, 0.15) is 17.1 Å². The molecule has 7 nitrogen and oxygen atoms in total. The molecular formula is C30H24O7. The van der Waals surface area contributed by atoms with Crippen molar-refractivity contribution >= 4 is 33.9 Å². The molecule has 0 aliphatic heterocycles. The topological polar surface area (TPSA) is 95.2 Å². The summed E-state index contributed by atoms with van der Waals surface area (Å²) in [5.41, 5.74) is 2.43. The van der Waals surface area contributed by atoms with Crippen LogP contribution >= 0.6 is 0 Å². The van der Waals surface area contributed by atoms with Crippen LogP contribution in [0.4, 0.5) is 0 Å². The molecular weight excluding hydrogens is 472 g/mol. The Morgan fingerprint density at radius 3 is 2.11 bits per heavy atom. The fraction of sp³-hybridized carbons (Fsp3) is 0.133. The van der Waals surface area contributed by atoms with Gasteiger partial charge in [0.25, 0.3) is 0 Å². The second kappa shape index (κ2) is 10.1. The molecule has 37 heavy (non-hydrogen) atoms. The summed E-state index contributed by atoms with van der Waals surface area (Å²) in [6.07, 6.45) is 0. The van der Waals surface area contributed by atoms with Crippen molar-refractivity contribution in [2.75, 3.05) is 13.2 Å². The fourth-order valence-electron chi connectivity index (χ4n) is 4.29. The average molecular weight is 497 g/mol. The van der Waals surface area contributed by atoms with Crippen molar-refractivity contribution in [1.29, 1.82) is 0 Å². The lowest BCUT2D eigenvalue weighted by molar-refractivity contribution is 0.0695. The minimum absolute atomic E-state index is 0.124. The number of benzene rings is 4. The van der Waals surface area contributed by atoms with Crippen LogP contribution < -0.4 is 14.2 Å². The molecule has 0 saturated heterocycles. The zero-order valence-electron chi connectivity index (χ0n) is 20.3. The first-order valence-corrected chi connectivity index (χ1v) is 11.9. The molecule has 7 heteroatoms. The number of carboxylic acids is 1. The maximum atomic E-state index is 12.9. The van der Waals surface area contributed by atoms with Crippen LogP contribution in [-0.4, -0.2) is 30.3 Å². The predicted molar refractivity (Wildman–Crippen MR) is 140 cm³/mol. The summed E-state index contributed by atoms with van der Waals surface area (Å²) in [5, 5.41) is 11.3. The molecule has 0 amide bonds. The molecule has 0 radical (unpaired) electrons. The number of carboxylic acid groups (broad SMARTS) is 1. The summed E-state index contributed by atoms with van der Waals surface area (Å²) in [4.78, 5) is 24.9. The maximum absolute atomic E-state index is 12.9. The molecule has 0 unspecified atom stereocenters. The van der Waals surface area contributed by atoms with E-state index < -0.39 is 11.9 Å². The highest BCUT2D eigenvalue weighted by Gasteiger charge is 2.21. The van der Waals surface area contributed by atoms with E-state index in [1.165, 1.54) is 6.07 Å². The molecule has 5 aromatic rings. The van der Waals surface area contributed by atoms with Gasteiger partial charge >= 0.3 is 11.9 Å². The Morgan fingerprint density at radius 1 is 0.757 bits per heavy atom. The molecule has 0 fully saturated rings. The Kier molecular flexibility index (Phi) is 6.51. The third-order valence-electron chi connectivity index (χ3n) is 5.91. The van der Waals surface area contributed by atoms with Gasteiger partial charge in [0.05, 0.1) is 24.3 Å². The molecule has 0 aliphatic rings. The summed E-state index contributed by atoms with van der Waals surface area (Å²) in [7, 11) is 0. The number of fused-ring (bicyclic) bond motifs is 3. The predicted octanol–water partition coefficient (Wildman–Crippen LogP) is 6.97. The van der Waals surface area contributed by atoms with Gasteiger partial charge in [-0.05, 0) is 62.4 Å². The van der Waals surface area contributed by atoms with E-state index in [4.69, 9.17) is 18.6 Å². The average Bonchev–Trinajstić information content (AvgIpc) is 3.29. The van der Waals surface area contributed by atoms with E-state index in [1.54, 1.807) is 54.6 Å². The lowest BCUT2D eigenvalue weighted by Gasteiger charge is -2.10. The normalized spacial score (nSPS) is 11.0. The molecule has 1 aromatic heterocycles. The van der Waals surface area contributed by atoms with E-state index in [1.807, 2.05) is 32.0 Å². The Hall–Kier alpha value is -4.78. The third-order valence-corrected chi connectivity index (χ3v) is 5.91. The van der Waals surface area contributed by atoms with Crippen molar-refractivity contribution in [3.63, 3.8) is 0 Å². The summed E-state index contributed by atoms with van der Waals surface area (Å²) in [6, 6.07) is 22.4. The molecule has 186 valence electrons. The van der Waals surface area contributed by atoms with E-state index >= 15 is 0 Å². The first-order valence-electron chi connectivity index (χ1n) is 11.9. The SMILES string of the molecule is CCOc1ccc(C(=O)Oc2cccc3c2oc2c(-c4cc(OCC)ccc4C(=O)O)cccc23)cc1. The van der Waals surface area contributed by atoms with Gasteiger partial charge in [-0.25, -0.2) is 9.59 Å². The van der Waals surface area contributed by atoms with Gasteiger partial charge in [0.15, 0.2) is 11.3 Å². The van der Waals surface area contributed by atoms with Gasteiger partial charge in [0, 0.05) is 21.9 Å². The smallest absolute Gasteiger partial charge is 0.343 e. The molecule has 0 saturated carbocycles. The first-order chi connectivity index (χ1) is 18.0. The Balaban J connectivity index is 1.59. The van der Waals surface area contributed by atoms with E-state index in [2.05, 4.69) is 0 Å². The van der Waals surface area contributed by atoms with Crippen LogP contribution in [0.15, 0.2) is 83.3 Å². The number of furan rings is 1. The monoisotopic (exact) mass is 496 g/mol. The van der Waals surface area contributed by atoms with Gasteiger partial charge in [-0.3, -0.25) is 0 Å². The van der Waals surface area contributed by atoms with Crippen LogP contribution in [0.3, 0.4) is 0 Å². The van der Waals surface area contributed by atoms with Crippen LogP contribution in [-0.2, 0) is 0 Å². The highest BCUT2D eigenvalue weighted by molar-refractivity contribution is 6.13. The van der Waals surface area contributed by atoms with Gasteiger partial charge in [-0.15, -0.1) is 0 Å². The number of ether oxygens (including phenoxy) is 3. The van der Waals surface area contributed by atoms with Gasteiger partial charge in [0.2, 0.25) is 0 Å². The van der Waals surface area contributed by atoms with Crippen LogP contribution in [0.1, 0.15) is 34.6 Å². The molecule has 0 bridgehead atoms. The quantitative estimate of drug-likeness (QED) is 0.183. The lowest BCUT2D eigenvalue weighted by atomic mass is 9.97. The number of hydrogen-bond donors (Lipinski definition) is 1. The van der Waals surface area contributed by atoms with Gasteiger partial charge in [-0.1, -0.05) is 30.3 Å². The third kappa shape index (κ3) is 4.59. The van der Waals surface area contributed by atoms with Crippen molar-refractivity contribution in [2.24, 2.45) is 0 Å². The summed E-state index contributed by atoms with van der Waals surface area (Å²) >= 11 is 0. The Morgan fingerprint density at radius 2 is 1.41 bits per heavy atom. The molecule has 5 rings (SSSR count). The highest BCUT2D eigenvalue weighted by atomic mass is 16.5. The van der Waals surface area contributed by atoms with Crippen molar-refractivity contribution in [1.82, 2.24) is 0 Å². The maximum Gasteiger partial charge on any atom is 0.343 e. The molecule has 0 aliphatic carbocycles. The standard InChI is InChI=1S/C30H24O7/c1-3-34-19-13-11-18(12-14-19)30(33)36-26-10-6-9-22-21-7-5-8-23(27(21)37-28(22)26)25-17-20(35-4-2)15-16-24(25)29(31)32/h5-17H,3-4H2,1-2H3,(H,31,32). The van der Waals surface area contributed by atoms with Crippen molar-refractivity contribution in [3.05, 3.63) is 90.0 Å². The minimum atomic E-state index is -1.06. The van der Waals surface area contributed by atoms with E-state index in [0.717, 1.165) is 10.8 Å². The lowest BCUT2D eigenvalue weighted by Crippen LogP contribution is -2.08. The summed E-state index contributed by atoms with van der Waals surface area (Å²) in [6.45, 7) is 4.73. The number of aromatic carboxylic acids is 1. The van der Waals surface area contributed by atoms with Crippen LogP contribution in [0.25, 0.3) is 33.1 Å². The number of para-hydroxylation sites is 2. The van der Waals surface area contributed by atoms with Crippen molar-refractivity contribution in [3.8, 4) is 28.4 Å². The summed E-state index contributed by atoms with van der Waals surface area (Å²) < 4.78 is 23.0. The van der Waals surface area contributed by atoms with Crippen LogP contribution in [0.2, 0.25) is 0 Å². The fourth-order valence-corrected chi connectivity index (χ4v) is 4.29. The largest absolute Gasteiger partial charge is 0.494 e. The molecule has 0 atom stereocenters. The number of rotatable bonds is 8. The number of carbonyl (C=O) groups is 2. The highest BCUT2D eigenvalue weighted by Crippen LogP contribution is 2.41. The molecule has 1 N–H and O–H groups in total. The first kappa shape index (κ1) is 23.9. The van der Waals surface area contributed by atoms with E-state index in [0.29, 0.717) is 52.6 Å². The Bertz CT molecular complexity index is 1610. The van der Waals surface area contributed by atoms with E-state index in [-0.39, 0.29) is 11.3 Å². The summed E-state index contributed by atoms with van der Waals surface area (Å²) in [5.74, 6) is -0.106. The number of hydrogen-bond acceptors (Lipinski definition) is 6. The molecule has 1 heterocycles. The van der Waals surface area contributed by atoms with Crippen molar-refractivity contribution in [2.45, 2.75) is 13.8 Å². The molecule has 0 spiro atoms. The minimum Gasteiger partial charge on any atom is -0.494 e. The number of carbonyl (C=O) groups excluding carboxylic acids is 1. The van der Waals surface area contributed by atoms with Crippen LogP contribution in [0, 0.1) is 0 Å². The number of esters is 1. The van der Waals surface area contributed by atoms with Gasteiger partial charge < -0.3 is 23.7 Å². The zero-order valence-corrected chi connectivity index (χ0v) is 20.3. The van der Waals surface area contributed by atoms with Crippen molar-refractivity contribution < 1.29 is 33.3 Å². The van der Waals surface area contributed by atoms with Crippen LogP contribution in [0.5, 0.6) is 17.2 Å². The van der Waals surface area contributed by atoms with Gasteiger partial charge in [-0.2, -0.15) is 0 Å².